The summed E-state index contributed by atoms with van der Waals surface area (Å²) < 4.78 is 1.96. The molecule has 1 aromatic rings. The van der Waals surface area contributed by atoms with Crippen molar-refractivity contribution in [3.63, 3.8) is 0 Å². The second-order valence-corrected chi connectivity index (χ2v) is 4.85. The van der Waals surface area contributed by atoms with Gasteiger partial charge in [-0.05, 0) is 24.3 Å². The Labute approximate surface area is 88.5 Å². The Balaban J connectivity index is 1.79. The molecule has 0 bridgehead atoms. The summed E-state index contributed by atoms with van der Waals surface area (Å²) in [4.78, 5) is 0. The van der Waals surface area contributed by atoms with Crippen LogP contribution < -0.4 is 5.32 Å². The molecule has 0 saturated carbocycles. The minimum atomic E-state index is 0.674. The highest BCUT2D eigenvalue weighted by Crippen LogP contribution is 2.16. The second kappa shape index (κ2) is 4.79. The van der Waals surface area contributed by atoms with Gasteiger partial charge in [-0.2, -0.15) is 11.8 Å². The monoisotopic (exact) mass is 212 g/mol. The molecule has 1 saturated heterocycles. The molecule has 1 aliphatic heterocycles. The molecule has 0 radical (unpaired) electrons. The number of nitrogens with zero attached hydrogens (tertiary/aromatic N) is 3. The summed E-state index contributed by atoms with van der Waals surface area (Å²) >= 11 is 2.05. The highest BCUT2D eigenvalue weighted by molar-refractivity contribution is 7.99. The Morgan fingerprint density at radius 3 is 3.00 bits per heavy atom. The lowest BCUT2D eigenvalue weighted by atomic mass is 10.1. The van der Waals surface area contributed by atoms with E-state index in [4.69, 9.17) is 0 Å². The molecule has 14 heavy (non-hydrogen) atoms. The van der Waals surface area contributed by atoms with Crippen LogP contribution in [0.2, 0.25) is 0 Å². The van der Waals surface area contributed by atoms with Gasteiger partial charge in [0.15, 0.2) is 0 Å². The van der Waals surface area contributed by atoms with E-state index < -0.39 is 0 Å². The average Bonchev–Trinajstić information content (AvgIpc) is 2.63. The first-order valence-corrected chi connectivity index (χ1v) is 6.16. The molecule has 2 heterocycles. The van der Waals surface area contributed by atoms with Crippen molar-refractivity contribution in [3.05, 3.63) is 12.2 Å². The first-order chi connectivity index (χ1) is 6.86. The topological polar surface area (TPSA) is 42.7 Å². The molecule has 0 atom stereocenters. The van der Waals surface area contributed by atoms with Crippen LogP contribution in [-0.2, 0) is 13.6 Å². The van der Waals surface area contributed by atoms with Gasteiger partial charge in [0.1, 0.15) is 12.2 Å². The number of aromatic nitrogens is 3. The maximum absolute atomic E-state index is 4.05. The lowest BCUT2D eigenvalue weighted by Gasteiger charge is -2.22. The van der Waals surface area contributed by atoms with Gasteiger partial charge in [0.05, 0.1) is 6.54 Å². The van der Waals surface area contributed by atoms with Crippen molar-refractivity contribution in [2.24, 2.45) is 7.05 Å². The fourth-order valence-electron chi connectivity index (χ4n) is 1.60. The molecule has 0 spiro atoms. The summed E-state index contributed by atoms with van der Waals surface area (Å²) in [6.45, 7) is 0.839. The molecule has 1 aromatic heterocycles. The zero-order chi connectivity index (χ0) is 9.80. The molecule has 4 nitrogen and oxygen atoms in total. The average molecular weight is 212 g/mol. The van der Waals surface area contributed by atoms with Gasteiger partial charge in [0.25, 0.3) is 0 Å². The fraction of sp³-hybridized carbons (Fsp3) is 0.778. The van der Waals surface area contributed by atoms with Crippen molar-refractivity contribution in [1.29, 1.82) is 0 Å². The molecular formula is C9H16N4S. The number of hydrogen-bond acceptors (Lipinski definition) is 4. The van der Waals surface area contributed by atoms with Gasteiger partial charge in [0, 0.05) is 13.1 Å². The van der Waals surface area contributed by atoms with Gasteiger partial charge in [-0.25, -0.2) is 0 Å². The number of aryl methyl sites for hydroxylation is 1. The third-order valence-electron chi connectivity index (χ3n) is 2.58. The predicted octanol–water partition coefficient (Wildman–Crippen LogP) is 0.800. The van der Waals surface area contributed by atoms with Crippen LogP contribution in [0, 0.1) is 0 Å². The molecule has 0 amide bonds. The lowest BCUT2D eigenvalue weighted by Crippen LogP contribution is -2.32. The van der Waals surface area contributed by atoms with E-state index in [0.29, 0.717) is 6.04 Å². The Morgan fingerprint density at radius 1 is 1.57 bits per heavy atom. The first-order valence-electron chi connectivity index (χ1n) is 5.00. The van der Waals surface area contributed by atoms with Crippen LogP contribution in [0.3, 0.4) is 0 Å². The number of nitrogens with one attached hydrogen (secondary N) is 1. The summed E-state index contributed by atoms with van der Waals surface area (Å²) in [5.74, 6) is 3.59. The van der Waals surface area contributed by atoms with Crippen LogP contribution in [0.1, 0.15) is 18.7 Å². The highest BCUT2D eigenvalue weighted by Gasteiger charge is 2.13. The summed E-state index contributed by atoms with van der Waals surface area (Å²) in [6, 6.07) is 0.674. The lowest BCUT2D eigenvalue weighted by molar-refractivity contribution is 0.469. The van der Waals surface area contributed by atoms with E-state index in [1.165, 1.54) is 24.3 Å². The van der Waals surface area contributed by atoms with Crippen LogP contribution in [-0.4, -0.2) is 32.3 Å². The van der Waals surface area contributed by atoms with Crippen LogP contribution in [0.15, 0.2) is 6.33 Å². The predicted molar refractivity (Wildman–Crippen MR) is 58.2 cm³/mol. The van der Waals surface area contributed by atoms with Crippen molar-refractivity contribution < 1.29 is 0 Å². The van der Waals surface area contributed by atoms with Gasteiger partial charge in [-0.1, -0.05) is 0 Å². The van der Waals surface area contributed by atoms with Gasteiger partial charge < -0.3 is 9.88 Å². The molecular weight excluding hydrogens is 196 g/mol. The van der Waals surface area contributed by atoms with E-state index in [2.05, 4.69) is 27.3 Å². The Hall–Kier alpha value is -0.550. The van der Waals surface area contributed by atoms with Gasteiger partial charge >= 0.3 is 0 Å². The van der Waals surface area contributed by atoms with E-state index in [1.54, 1.807) is 6.33 Å². The molecule has 1 aliphatic rings. The van der Waals surface area contributed by atoms with Crippen LogP contribution in [0.25, 0.3) is 0 Å². The molecule has 0 aliphatic carbocycles. The largest absolute Gasteiger partial charge is 0.320 e. The maximum Gasteiger partial charge on any atom is 0.146 e. The van der Waals surface area contributed by atoms with Gasteiger partial charge in [-0.3, -0.25) is 0 Å². The molecule has 5 heteroatoms. The Kier molecular flexibility index (Phi) is 3.42. The normalized spacial score (nSPS) is 18.6. The quantitative estimate of drug-likeness (QED) is 0.805. The van der Waals surface area contributed by atoms with E-state index in [9.17, 15) is 0 Å². The van der Waals surface area contributed by atoms with E-state index in [0.717, 1.165) is 12.4 Å². The van der Waals surface area contributed by atoms with Crippen molar-refractivity contribution in [2.75, 3.05) is 11.5 Å². The van der Waals surface area contributed by atoms with Gasteiger partial charge in [0.2, 0.25) is 0 Å². The summed E-state index contributed by atoms with van der Waals surface area (Å²) in [7, 11) is 1.98. The van der Waals surface area contributed by atoms with E-state index >= 15 is 0 Å². The van der Waals surface area contributed by atoms with E-state index in [1.807, 2.05) is 11.6 Å². The second-order valence-electron chi connectivity index (χ2n) is 3.63. The molecule has 0 unspecified atom stereocenters. The Morgan fingerprint density at radius 2 is 2.36 bits per heavy atom. The molecule has 0 aromatic carbocycles. The third kappa shape index (κ3) is 2.48. The number of hydrogen-bond donors (Lipinski definition) is 1. The highest BCUT2D eigenvalue weighted by atomic mass is 32.2. The van der Waals surface area contributed by atoms with Crippen LogP contribution in [0.5, 0.6) is 0 Å². The van der Waals surface area contributed by atoms with Crippen molar-refractivity contribution >= 4 is 11.8 Å². The number of rotatable bonds is 3. The summed E-state index contributed by atoms with van der Waals surface area (Å²) in [6.07, 6.45) is 4.30. The zero-order valence-corrected chi connectivity index (χ0v) is 9.26. The number of thioether (sulfide) groups is 1. The smallest absolute Gasteiger partial charge is 0.146 e. The molecule has 78 valence electrons. The van der Waals surface area contributed by atoms with Crippen molar-refractivity contribution in [3.8, 4) is 0 Å². The van der Waals surface area contributed by atoms with Crippen molar-refractivity contribution in [2.45, 2.75) is 25.4 Å². The Bertz CT molecular complexity index is 280. The van der Waals surface area contributed by atoms with Crippen molar-refractivity contribution in [1.82, 2.24) is 20.1 Å². The fourth-order valence-corrected chi connectivity index (χ4v) is 2.71. The molecule has 2 rings (SSSR count). The standard InChI is InChI=1S/C9H16N4S/c1-13-7-11-12-9(13)6-10-8-2-4-14-5-3-8/h7-8,10H,2-6H2,1H3. The third-order valence-corrected chi connectivity index (χ3v) is 3.62. The van der Waals surface area contributed by atoms with Crippen LogP contribution >= 0.6 is 11.8 Å². The minimum absolute atomic E-state index is 0.674. The zero-order valence-electron chi connectivity index (χ0n) is 8.44. The SMILES string of the molecule is Cn1cnnc1CNC1CCSCC1. The molecule has 1 fully saturated rings. The van der Waals surface area contributed by atoms with Gasteiger partial charge in [-0.15, -0.1) is 10.2 Å². The minimum Gasteiger partial charge on any atom is -0.320 e. The first kappa shape index (κ1) is 9.98. The van der Waals surface area contributed by atoms with Crippen LogP contribution in [0.4, 0.5) is 0 Å². The van der Waals surface area contributed by atoms with E-state index in [-0.39, 0.29) is 0 Å². The summed E-state index contributed by atoms with van der Waals surface area (Å²) in [5.41, 5.74) is 0. The molecule has 1 N–H and O–H groups in total. The summed E-state index contributed by atoms with van der Waals surface area (Å²) in [5, 5.41) is 11.4. The maximum atomic E-state index is 4.05.